The van der Waals surface area contributed by atoms with Crippen molar-refractivity contribution in [3.8, 4) is 0 Å². The van der Waals surface area contributed by atoms with E-state index in [1.165, 1.54) is 64.2 Å². The summed E-state index contributed by atoms with van der Waals surface area (Å²) in [4.78, 5) is 22.6. The van der Waals surface area contributed by atoms with Gasteiger partial charge in [0.15, 0.2) is 0 Å². The van der Waals surface area contributed by atoms with E-state index in [1.807, 2.05) is 6.08 Å². The summed E-state index contributed by atoms with van der Waals surface area (Å²) in [7, 11) is -4.40. The number of carbonyl (C=O) groups is 1. The van der Waals surface area contributed by atoms with Crippen LogP contribution in [0.25, 0.3) is 0 Å². The van der Waals surface area contributed by atoms with Gasteiger partial charge in [-0.1, -0.05) is 133 Å². The number of nitrogens with two attached hydrogens (primary N) is 1. The molecule has 0 heterocycles. The molecule has 0 aromatic carbocycles. The third kappa shape index (κ3) is 31.7. The number of amides is 1. The van der Waals surface area contributed by atoms with Crippen molar-refractivity contribution >= 4 is 13.7 Å². The predicted molar refractivity (Wildman–Crippen MR) is 200 cm³/mol. The van der Waals surface area contributed by atoms with Crippen LogP contribution < -0.4 is 11.1 Å². The lowest BCUT2D eigenvalue weighted by atomic mass is 10.0. The molecule has 10 heteroatoms. The molecule has 9 nitrogen and oxygen atoms in total. The summed E-state index contributed by atoms with van der Waals surface area (Å²) < 4.78 is 21.9. The highest BCUT2D eigenvalue weighted by Gasteiger charge is 2.27. The van der Waals surface area contributed by atoms with E-state index in [1.54, 1.807) is 6.08 Å². The maximum absolute atomic E-state index is 12.7. The summed E-state index contributed by atoms with van der Waals surface area (Å²) >= 11 is 0. The Morgan fingerprint density at radius 3 is 1.90 bits per heavy atom. The summed E-state index contributed by atoms with van der Waals surface area (Å²) in [5.41, 5.74) is 5.34. The minimum absolute atomic E-state index is 0.0404. The molecule has 4 atom stereocenters. The van der Waals surface area contributed by atoms with Gasteiger partial charge in [0.1, 0.15) is 0 Å². The van der Waals surface area contributed by atoms with Crippen LogP contribution in [0.2, 0.25) is 0 Å². The van der Waals surface area contributed by atoms with Crippen molar-refractivity contribution in [1.29, 1.82) is 0 Å². The average Bonchev–Trinajstić information content (AvgIpc) is 3.06. The Morgan fingerprint density at radius 2 is 1.25 bits per heavy atom. The summed E-state index contributed by atoms with van der Waals surface area (Å²) in [5, 5.41) is 23.9. The van der Waals surface area contributed by atoms with Gasteiger partial charge in [-0.3, -0.25) is 13.8 Å². The van der Waals surface area contributed by atoms with Crippen molar-refractivity contribution in [2.24, 2.45) is 5.73 Å². The number of aliphatic hydroxyl groups excluding tert-OH is 2. The van der Waals surface area contributed by atoms with Gasteiger partial charge in [-0.25, -0.2) is 4.57 Å². The van der Waals surface area contributed by atoms with Crippen LogP contribution in [0.1, 0.15) is 149 Å². The lowest BCUT2D eigenvalue weighted by Crippen LogP contribution is -2.46. The number of unbranched alkanes of at least 4 members (excludes halogenated alkanes) is 15. The number of nitrogens with one attached hydrogen (secondary N) is 1. The van der Waals surface area contributed by atoms with Gasteiger partial charge in [-0.15, -0.1) is 0 Å². The summed E-state index contributed by atoms with van der Waals surface area (Å²) in [6.07, 6.45) is 36.2. The number of aliphatic hydroxyl groups is 2. The van der Waals surface area contributed by atoms with Gasteiger partial charge in [0.05, 0.1) is 37.9 Å². The number of phosphoric acid groups is 1. The largest absolute Gasteiger partial charge is 0.472 e. The molecule has 6 N–H and O–H groups in total. The van der Waals surface area contributed by atoms with E-state index in [9.17, 15) is 24.5 Å². The zero-order valence-electron chi connectivity index (χ0n) is 30.3. The number of rotatable bonds is 34. The Balaban J connectivity index is 4.54. The molecule has 1 amide bonds. The number of hydrogen-bond donors (Lipinski definition) is 5. The topological polar surface area (TPSA) is 151 Å². The molecule has 0 fully saturated rings. The van der Waals surface area contributed by atoms with Crippen molar-refractivity contribution in [2.45, 2.75) is 167 Å². The van der Waals surface area contributed by atoms with Gasteiger partial charge in [0.2, 0.25) is 5.91 Å². The molecule has 0 saturated carbocycles. The fourth-order valence-corrected chi connectivity index (χ4v) is 5.82. The quantitative estimate of drug-likeness (QED) is 0.0194. The second kappa shape index (κ2) is 33.9. The molecule has 0 bridgehead atoms. The Bertz CT molecular complexity index is 909. The van der Waals surface area contributed by atoms with E-state index in [0.29, 0.717) is 12.8 Å². The van der Waals surface area contributed by atoms with Crippen LogP contribution in [0.4, 0.5) is 0 Å². The van der Waals surface area contributed by atoms with E-state index in [-0.39, 0.29) is 19.6 Å². The minimum atomic E-state index is -4.40. The first-order valence-electron chi connectivity index (χ1n) is 18.9. The molecule has 48 heavy (non-hydrogen) atoms. The lowest BCUT2D eigenvalue weighted by Gasteiger charge is -2.24. The van der Waals surface area contributed by atoms with Crippen molar-refractivity contribution in [3.05, 3.63) is 48.6 Å². The number of allylic oxidation sites excluding steroid dienone is 7. The molecule has 0 saturated heterocycles. The third-order valence-corrected chi connectivity index (χ3v) is 8.94. The monoisotopic (exact) mass is 698 g/mol. The van der Waals surface area contributed by atoms with E-state index in [4.69, 9.17) is 14.8 Å². The Hall–Kier alpha value is -1.58. The zero-order chi connectivity index (χ0) is 35.6. The van der Waals surface area contributed by atoms with Crippen molar-refractivity contribution in [1.82, 2.24) is 5.32 Å². The maximum Gasteiger partial charge on any atom is 0.472 e. The molecule has 0 aromatic heterocycles. The van der Waals surface area contributed by atoms with Gasteiger partial charge in [-0.05, 0) is 57.8 Å². The molecule has 0 aromatic rings. The molecule has 0 aliphatic heterocycles. The van der Waals surface area contributed by atoms with Crippen LogP contribution >= 0.6 is 7.82 Å². The molecule has 0 aliphatic rings. The predicted octanol–water partition coefficient (Wildman–Crippen LogP) is 8.74. The van der Waals surface area contributed by atoms with Crippen molar-refractivity contribution in [2.75, 3.05) is 19.8 Å². The number of hydrogen-bond acceptors (Lipinski definition) is 7. The fraction of sp³-hybridized carbons (Fsp3) is 0.763. The van der Waals surface area contributed by atoms with Crippen molar-refractivity contribution < 1.29 is 33.5 Å². The Kier molecular flexibility index (Phi) is 32.8. The second-order valence-electron chi connectivity index (χ2n) is 12.6. The molecule has 0 aliphatic carbocycles. The lowest BCUT2D eigenvalue weighted by molar-refractivity contribution is -0.124. The molecule has 0 spiro atoms. The van der Waals surface area contributed by atoms with Gasteiger partial charge < -0.3 is 26.2 Å². The van der Waals surface area contributed by atoms with E-state index in [2.05, 4.69) is 55.6 Å². The first-order chi connectivity index (χ1) is 23.3. The summed E-state index contributed by atoms with van der Waals surface area (Å²) in [5.74, 6) is -0.472. The smallest absolute Gasteiger partial charge is 0.393 e. The van der Waals surface area contributed by atoms with E-state index in [0.717, 1.165) is 51.4 Å². The highest BCUT2D eigenvalue weighted by Crippen LogP contribution is 2.43. The van der Waals surface area contributed by atoms with Crippen LogP contribution in [-0.2, 0) is 18.4 Å². The van der Waals surface area contributed by atoms with Gasteiger partial charge in [0.25, 0.3) is 0 Å². The molecular formula is C38H71N2O7P. The molecule has 4 unspecified atom stereocenters. The molecule has 0 rings (SSSR count). The number of phosphoric ester groups is 1. The average molecular weight is 699 g/mol. The maximum atomic E-state index is 12.7. The fourth-order valence-electron chi connectivity index (χ4n) is 5.06. The van der Waals surface area contributed by atoms with Crippen molar-refractivity contribution in [3.63, 3.8) is 0 Å². The zero-order valence-corrected chi connectivity index (χ0v) is 31.2. The highest BCUT2D eigenvalue weighted by molar-refractivity contribution is 7.47. The SMILES string of the molecule is CCCCC/C=C\C=C/CCCCCCC(O)CC(=O)NC(COP(=O)(O)OCCN)C(O)/C=C/CC/C=C/CCCCCCCCC. The first-order valence-corrected chi connectivity index (χ1v) is 20.4. The third-order valence-electron chi connectivity index (χ3n) is 7.96. The summed E-state index contributed by atoms with van der Waals surface area (Å²) in [6.45, 7) is 3.86. The first kappa shape index (κ1) is 46.4. The van der Waals surface area contributed by atoms with Crippen LogP contribution in [-0.4, -0.2) is 59.0 Å². The second-order valence-corrected chi connectivity index (χ2v) is 14.1. The van der Waals surface area contributed by atoms with Crippen LogP contribution in [0.3, 0.4) is 0 Å². The van der Waals surface area contributed by atoms with Crippen LogP contribution in [0.5, 0.6) is 0 Å². The minimum Gasteiger partial charge on any atom is -0.393 e. The van der Waals surface area contributed by atoms with Gasteiger partial charge in [-0.2, -0.15) is 0 Å². The molecule has 0 radical (unpaired) electrons. The normalized spacial score (nSPS) is 15.5. The molecule has 280 valence electrons. The highest BCUT2D eigenvalue weighted by atomic mass is 31.2. The van der Waals surface area contributed by atoms with E-state index < -0.39 is 38.6 Å². The van der Waals surface area contributed by atoms with Gasteiger partial charge >= 0.3 is 7.82 Å². The Morgan fingerprint density at radius 1 is 0.729 bits per heavy atom. The summed E-state index contributed by atoms with van der Waals surface area (Å²) in [6, 6.07) is -1.00. The van der Waals surface area contributed by atoms with Crippen LogP contribution in [0.15, 0.2) is 48.6 Å². The Labute approximate surface area is 293 Å². The van der Waals surface area contributed by atoms with Gasteiger partial charge in [0, 0.05) is 6.54 Å². The molecular weight excluding hydrogens is 627 g/mol. The van der Waals surface area contributed by atoms with Crippen LogP contribution in [0, 0.1) is 0 Å². The van der Waals surface area contributed by atoms with E-state index >= 15 is 0 Å². The number of carbonyl (C=O) groups excluding carboxylic acids is 1. The standard InChI is InChI=1S/C38H71N2O7P/c1-3-5-7-9-11-13-15-17-19-21-23-25-27-29-35(41)33-38(43)40-36(34-47-48(44,45)46-32-31-39)37(42)30-28-26-24-22-20-18-16-14-12-10-8-6-4-2/h11,13,15,17,20,22,28,30,35-37,41-42H,3-10,12,14,16,18-19,21,23-27,29,31-34,39H2,1-2H3,(H,40,43)(H,44,45)/b13-11-,17-15-,22-20+,30-28+.